The van der Waals surface area contributed by atoms with Gasteiger partial charge in [0.1, 0.15) is 16.7 Å². The van der Waals surface area contributed by atoms with Gasteiger partial charge >= 0.3 is 12.1 Å². The first-order valence-electron chi connectivity index (χ1n) is 12.9. The summed E-state index contributed by atoms with van der Waals surface area (Å²) in [6.07, 6.45) is 0.244. The Morgan fingerprint density at radius 1 is 1.21 bits per heavy atom. The minimum Gasteiger partial charge on any atom is -0.464 e. The first kappa shape index (κ1) is 29.6. The molecule has 9 nitrogen and oxygen atoms in total. The Balaban J connectivity index is 1.69. The molecule has 1 aliphatic rings. The predicted molar refractivity (Wildman–Crippen MR) is 145 cm³/mol. The molecule has 3 rings (SSSR count). The third-order valence-electron chi connectivity index (χ3n) is 6.38. The summed E-state index contributed by atoms with van der Waals surface area (Å²) in [6, 6.07) is 7.46. The maximum atomic E-state index is 12.8. The fourth-order valence-electron chi connectivity index (χ4n) is 4.42. The fourth-order valence-corrected chi connectivity index (χ4v) is 5.26. The van der Waals surface area contributed by atoms with Crippen molar-refractivity contribution in [3.05, 3.63) is 51.5 Å². The Bertz CT molecular complexity index is 1130. The monoisotopic (exact) mass is 545 g/mol. The van der Waals surface area contributed by atoms with Gasteiger partial charge in [-0.15, -0.1) is 11.3 Å². The quantitative estimate of drug-likeness (QED) is 0.279. The van der Waals surface area contributed by atoms with Gasteiger partial charge in [0.05, 0.1) is 7.11 Å². The number of rotatable bonds is 11. The molecule has 1 aromatic carbocycles. The van der Waals surface area contributed by atoms with Gasteiger partial charge in [0.25, 0.3) is 5.91 Å². The highest BCUT2D eigenvalue weighted by molar-refractivity contribution is 7.09. The van der Waals surface area contributed by atoms with Crippen molar-refractivity contribution in [2.45, 2.75) is 71.8 Å². The molecule has 0 saturated carbocycles. The van der Waals surface area contributed by atoms with Crippen LogP contribution in [0.25, 0.3) is 0 Å². The van der Waals surface area contributed by atoms with Gasteiger partial charge in [-0.1, -0.05) is 32.0 Å². The van der Waals surface area contributed by atoms with Gasteiger partial charge < -0.3 is 24.0 Å². The van der Waals surface area contributed by atoms with E-state index in [9.17, 15) is 14.4 Å². The van der Waals surface area contributed by atoms with Crippen molar-refractivity contribution in [1.29, 1.82) is 0 Å². The Hall–Kier alpha value is -2.98. The maximum Gasteiger partial charge on any atom is 0.410 e. The summed E-state index contributed by atoms with van der Waals surface area (Å²) >= 11 is 1.32. The third kappa shape index (κ3) is 7.54. The van der Waals surface area contributed by atoms with Crippen molar-refractivity contribution < 1.29 is 28.6 Å². The minimum atomic E-state index is -0.611. The molecule has 0 spiro atoms. The zero-order chi connectivity index (χ0) is 28.0. The first-order chi connectivity index (χ1) is 17.9. The molecular formula is C28H39N3O6S. The summed E-state index contributed by atoms with van der Waals surface area (Å²) in [6.45, 7) is 11.1. The SMILES string of the molecule is COC(=O)c1csc([C@@H](C[C@H](C(C)C)N(C)C(=O)OC(C)(C)C)OCCCN2Cc3ccccc3C2=O)n1. The maximum absolute atomic E-state index is 12.8. The van der Waals surface area contributed by atoms with Crippen LogP contribution < -0.4 is 0 Å². The van der Waals surface area contributed by atoms with E-state index in [4.69, 9.17) is 14.2 Å². The number of nitrogens with zero attached hydrogens (tertiary/aromatic N) is 3. The van der Waals surface area contributed by atoms with E-state index in [1.807, 2.05) is 63.8 Å². The lowest BCUT2D eigenvalue weighted by Crippen LogP contribution is -2.44. The first-order valence-corrected chi connectivity index (χ1v) is 13.8. The second-order valence-electron chi connectivity index (χ2n) is 10.8. The molecule has 0 radical (unpaired) electrons. The lowest BCUT2D eigenvalue weighted by Gasteiger charge is -2.34. The zero-order valence-corrected chi connectivity index (χ0v) is 24.2. The van der Waals surface area contributed by atoms with E-state index in [0.717, 1.165) is 11.1 Å². The molecule has 0 unspecified atom stereocenters. The van der Waals surface area contributed by atoms with Gasteiger partial charge in [0.2, 0.25) is 0 Å². The number of ether oxygens (including phenoxy) is 3. The van der Waals surface area contributed by atoms with Crippen LogP contribution in [0.15, 0.2) is 29.6 Å². The molecule has 0 bridgehead atoms. The lowest BCUT2D eigenvalue weighted by atomic mass is 9.96. The van der Waals surface area contributed by atoms with Crippen LogP contribution in [-0.2, 0) is 20.8 Å². The van der Waals surface area contributed by atoms with Crippen molar-refractivity contribution >= 4 is 29.3 Å². The molecule has 38 heavy (non-hydrogen) atoms. The normalized spacial score (nSPS) is 14.8. The van der Waals surface area contributed by atoms with Crippen LogP contribution in [0.4, 0.5) is 4.79 Å². The number of hydrogen-bond acceptors (Lipinski definition) is 8. The van der Waals surface area contributed by atoms with Gasteiger partial charge in [-0.25, -0.2) is 14.6 Å². The Morgan fingerprint density at radius 2 is 1.92 bits per heavy atom. The minimum absolute atomic E-state index is 0.0404. The van der Waals surface area contributed by atoms with Gasteiger partial charge in [-0.05, 0) is 44.7 Å². The summed E-state index contributed by atoms with van der Waals surface area (Å²) < 4.78 is 16.7. The van der Waals surface area contributed by atoms with Crippen LogP contribution in [0.3, 0.4) is 0 Å². The van der Waals surface area contributed by atoms with Crippen molar-refractivity contribution in [3.8, 4) is 0 Å². The Kier molecular flexibility index (Phi) is 9.89. The number of methoxy groups -OCH3 is 1. The van der Waals surface area contributed by atoms with Gasteiger partial charge in [-0.2, -0.15) is 0 Å². The number of thiazole rings is 1. The van der Waals surface area contributed by atoms with E-state index in [-0.39, 0.29) is 23.6 Å². The van der Waals surface area contributed by atoms with Crippen LogP contribution in [0.5, 0.6) is 0 Å². The number of amides is 2. The van der Waals surface area contributed by atoms with E-state index in [1.54, 1.807) is 17.3 Å². The van der Waals surface area contributed by atoms with Crippen LogP contribution in [0, 0.1) is 5.92 Å². The second-order valence-corrected chi connectivity index (χ2v) is 11.7. The van der Waals surface area contributed by atoms with E-state index in [2.05, 4.69) is 4.98 Å². The molecule has 208 valence electrons. The molecule has 0 saturated heterocycles. The van der Waals surface area contributed by atoms with Crippen molar-refractivity contribution in [3.63, 3.8) is 0 Å². The molecule has 0 N–H and O–H groups in total. The number of esters is 1. The second kappa shape index (κ2) is 12.7. The van der Waals surface area contributed by atoms with Crippen molar-refractivity contribution in [1.82, 2.24) is 14.8 Å². The fraction of sp³-hybridized carbons (Fsp3) is 0.571. The number of aromatic nitrogens is 1. The van der Waals surface area contributed by atoms with E-state index in [0.29, 0.717) is 37.5 Å². The smallest absolute Gasteiger partial charge is 0.410 e. The lowest BCUT2D eigenvalue weighted by molar-refractivity contribution is -0.00472. The summed E-state index contributed by atoms with van der Waals surface area (Å²) in [4.78, 5) is 45.5. The number of benzene rings is 1. The number of hydrogen-bond donors (Lipinski definition) is 0. The summed E-state index contributed by atoms with van der Waals surface area (Å²) in [7, 11) is 3.05. The molecule has 2 heterocycles. The van der Waals surface area contributed by atoms with Crippen molar-refractivity contribution in [2.24, 2.45) is 5.92 Å². The highest BCUT2D eigenvalue weighted by Crippen LogP contribution is 2.31. The Morgan fingerprint density at radius 3 is 2.55 bits per heavy atom. The Labute approximate surface area is 229 Å². The molecule has 2 atom stereocenters. The molecule has 2 aromatic rings. The van der Waals surface area contributed by atoms with Gasteiger partial charge in [-0.3, -0.25) is 4.79 Å². The average Bonchev–Trinajstić information content (AvgIpc) is 3.47. The van der Waals surface area contributed by atoms with E-state index < -0.39 is 23.8 Å². The topological polar surface area (TPSA) is 98.3 Å². The van der Waals surface area contributed by atoms with Crippen LogP contribution >= 0.6 is 11.3 Å². The molecule has 0 aliphatic carbocycles. The summed E-state index contributed by atoms with van der Waals surface area (Å²) in [5, 5.41) is 2.29. The number of carbonyl (C=O) groups excluding carboxylic acids is 3. The molecule has 10 heteroatoms. The highest BCUT2D eigenvalue weighted by Gasteiger charge is 2.32. The highest BCUT2D eigenvalue weighted by atomic mass is 32.1. The number of carbonyl (C=O) groups is 3. The molecular weight excluding hydrogens is 506 g/mol. The standard InChI is InChI=1S/C28H39N3O6S/c1-18(2)22(30(6)27(34)37-28(3,4)5)15-23(24-29-21(17-38-24)26(33)35-7)36-14-10-13-31-16-19-11-8-9-12-20(19)25(31)32/h8-9,11-12,17-18,22-23H,10,13-16H2,1-7H3/t22-,23-/m1/s1. The van der Waals surface area contributed by atoms with Crippen LogP contribution in [-0.4, -0.2) is 71.7 Å². The largest absolute Gasteiger partial charge is 0.464 e. The molecule has 1 aliphatic heterocycles. The van der Waals surface area contributed by atoms with Crippen LogP contribution in [0.2, 0.25) is 0 Å². The third-order valence-corrected chi connectivity index (χ3v) is 7.32. The summed E-state index contributed by atoms with van der Waals surface area (Å²) in [5.41, 5.74) is 1.41. The molecule has 2 amide bonds. The summed E-state index contributed by atoms with van der Waals surface area (Å²) in [5.74, 6) is -0.359. The van der Waals surface area contributed by atoms with Crippen molar-refractivity contribution in [2.75, 3.05) is 27.3 Å². The van der Waals surface area contributed by atoms with Gasteiger partial charge in [0.15, 0.2) is 5.69 Å². The van der Waals surface area contributed by atoms with E-state index >= 15 is 0 Å². The zero-order valence-electron chi connectivity index (χ0n) is 23.4. The molecule has 1 aromatic heterocycles. The predicted octanol–water partition coefficient (Wildman–Crippen LogP) is 5.32. The average molecular weight is 546 g/mol. The van der Waals surface area contributed by atoms with E-state index in [1.165, 1.54) is 18.4 Å². The van der Waals surface area contributed by atoms with Gasteiger partial charge in [0, 0.05) is 50.2 Å². The number of fused-ring (bicyclic) bond motifs is 1. The molecule has 0 fully saturated rings. The van der Waals surface area contributed by atoms with Crippen LogP contribution in [0.1, 0.15) is 85.0 Å².